The predicted molar refractivity (Wildman–Crippen MR) is 130 cm³/mol. The molecule has 5 rings (SSSR count). The third-order valence-electron chi connectivity index (χ3n) is 10.3. The highest BCUT2D eigenvalue weighted by molar-refractivity contribution is 7.92. The number of carbonyl (C=O) groups is 2. The molecule has 4 aliphatic carbocycles. The monoisotopic (exact) mass is 484 g/mol. The van der Waals surface area contributed by atoms with Gasteiger partial charge >= 0.3 is 0 Å². The highest BCUT2D eigenvalue weighted by atomic mass is 32.2. The fourth-order valence-electron chi connectivity index (χ4n) is 8.39. The van der Waals surface area contributed by atoms with Gasteiger partial charge in [-0.25, -0.2) is 8.42 Å². The second kappa shape index (κ2) is 7.86. The van der Waals surface area contributed by atoms with E-state index in [0.717, 1.165) is 24.8 Å². The lowest BCUT2D eigenvalue weighted by molar-refractivity contribution is -0.148. The molecule has 0 bridgehead atoms. The summed E-state index contributed by atoms with van der Waals surface area (Å²) in [6.45, 7) is 7.65. The summed E-state index contributed by atoms with van der Waals surface area (Å²) in [6, 6.07) is 6.99. The van der Waals surface area contributed by atoms with Crippen molar-refractivity contribution in [2.45, 2.75) is 82.5 Å². The molecule has 1 aromatic carbocycles. The number of ketones is 2. The van der Waals surface area contributed by atoms with E-state index in [2.05, 4.69) is 6.92 Å². The molecule has 8 atom stereocenters. The molecule has 3 fully saturated rings. The molecule has 0 aliphatic heterocycles. The Balaban J connectivity index is 1.63. The van der Waals surface area contributed by atoms with E-state index in [1.165, 1.54) is 5.57 Å². The quantitative estimate of drug-likeness (QED) is 0.685. The average molecular weight is 485 g/mol. The smallest absolute Gasteiger partial charge is 0.181 e. The van der Waals surface area contributed by atoms with Crippen molar-refractivity contribution in [3.8, 4) is 0 Å². The van der Waals surface area contributed by atoms with Gasteiger partial charge in [0, 0.05) is 17.8 Å². The van der Waals surface area contributed by atoms with Gasteiger partial charge in [-0.05, 0) is 87.3 Å². The zero-order valence-electron chi connectivity index (χ0n) is 20.6. The maximum atomic E-state index is 14.0. The van der Waals surface area contributed by atoms with E-state index in [9.17, 15) is 23.1 Å². The predicted octanol–water partition coefficient (Wildman–Crippen LogP) is 4.46. The second-order valence-corrected chi connectivity index (χ2v) is 14.0. The van der Waals surface area contributed by atoms with E-state index in [0.29, 0.717) is 17.7 Å². The minimum atomic E-state index is -3.69. The number of sulfone groups is 1. The van der Waals surface area contributed by atoms with Crippen molar-refractivity contribution in [1.29, 1.82) is 0 Å². The van der Waals surface area contributed by atoms with Crippen LogP contribution in [0.25, 0.3) is 0 Å². The summed E-state index contributed by atoms with van der Waals surface area (Å²) in [5.74, 6) is -0.427. The summed E-state index contributed by atoms with van der Waals surface area (Å²) in [6.07, 6.45) is 4.73. The van der Waals surface area contributed by atoms with E-state index in [1.807, 2.05) is 32.1 Å². The number of hydrogen-bond donors (Lipinski definition) is 1. The largest absolute Gasteiger partial charge is 0.393 e. The number of aryl methyl sites for hydroxylation is 1. The maximum absolute atomic E-state index is 14.0. The van der Waals surface area contributed by atoms with E-state index >= 15 is 0 Å². The number of Topliss-reactive ketones (excluding diaryl/α,β-unsaturated/α-hetero) is 1. The van der Waals surface area contributed by atoms with E-state index in [4.69, 9.17) is 0 Å². The van der Waals surface area contributed by atoms with Gasteiger partial charge in [0.25, 0.3) is 0 Å². The van der Waals surface area contributed by atoms with Crippen molar-refractivity contribution >= 4 is 21.4 Å². The van der Waals surface area contributed by atoms with E-state index < -0.39 is 32.5 Å². The van der Waals surface area contributed by atoms with Crippen LogP contribution < -0.4 is 0 Å². The molecule has 4 aliphatic rings. The Kier molecular flexibility index (Phi) is 5.53. The number of hydrogen-bond acceptors (Lipinski definition) is 5. The number of aliphatic hydroxyl groups is 1. The average Bonchev–Trinajstić information content (AvgIpc) is 3.11. The molecule has 1 N–H and O–H groups in total. The minimum absolute atomic E-state index is 0.0301. The van der Waals surface area contributed by atoms with Gasteiger partial charge in [-0.15, -0.1) is 0 Å². The highest BCUT2D eigenvalue weighted by Crippen LogP contribution is 2.67. The van der Waals surface area contributed by atoms with Crippen LogP contribution in [-0.4, -0.2) is 36.4 Å². The maximum Gasteiger partial charge on any atom is 0.181 e. The van der Waals surface area contributed by atoms with Crippen molar-refractivity contribution in [2.24, 2.45) is 34.5 Å². The number of aliphatic hydroxyl groups excluding tert-OH is 1. The van der Waals surface area contributed by atoms with Crippen molar-refractivity contribution < 1.29 is 23.1 Å². The number of benzene rings is 1. The van der Waals surface area contributed by atoms with Gasteiger partial charge in [0.1, 0.15) is 5.78 Å². The Morgan fingerprint density at radius 2 is 1.76 bits per heavy atom. The third kappa shape index (κ3) is 3.24. The molecule has 2 unspecified atom stereocenters. The summed E-state index contributed by atoms with van der Waals surface area (Å²) in [5.41, 5.74) is 1.19. The fraction of sp³-hybridized carbons (Fsp3) is 0.643. The lowest BCUT2D eigenvalue weighted by Crippen LogP contribution is -2.58. The van der Waals surface area contributed by atoms with Gasteiger partial charge < -0.3 is 5.11 Å². The molecule has 3 saturated carbocycles. The van der Waals surface area contributed by atoms with Crippen LogP contribution in [0.15, 0.2) is 40.8 Å². The van der Waals surface area contributed by atoms with Crippen molar-refractivity contribution in [3.63, 3.8) is 0 Å². The molecule has 0 aromatic heterocycles. The standard InChI is InChI=1S/C28H36O5S/c1-16-5-8-20(9-6-16)34(32,33)24-14-22(17(2)29)28(4)25(31)15-23-21(26(24)28)10-7-18-13-19(30)11-12-27(18,23)3/h5-6,8-9,13,21-26,31H,7,10-12,14-15H2,1-4H3/t21-,22-,23+,24?,25?,26-,27+,28+/m1/s1. The molecule has 0 heterocycles. The van der Waals surface area contributed by atoms with Crippen LogP contribution in [0.1, 0.15) is 64.9 Å². The van der Waals surface area contributed by atoms with Gasteiger partial charge in [-0.3, -0.25) is 9.59 Å². The SMILES string of the molecule is CC(=O)[C@H]1CC(S(=O)(=O)c2ccc(C)cc2)[C@H]2[C@@H]3CCC4=CC(=O)CC[C@]4(C)[C@H]3CC(O)[C@]12C. The molecule has 6 heteroatoms. The first-order valence-corrected chi connectivity index (χ1v) is 14.2. The highest BCUT2D eigenvalue weighted by Gasteiger charge is 2.68. The molecular weight excluding hydrogens is 448 g/mol. The van der Waals surface area contributed by atoms with Crippen molar-refractivity contribution in [1.82, 2.24) is 0 Å². The van der Waals surface area contributed by atoms with Crippen LogP contribution in [0.5, 0.6) is 0 Å². The van der Waals surface area contributed by atoms with E-state index in [1.54, 1.807) is 19.1 Å². The molecular formula is C28H36O5S. The first-order chi connectivity index (χ1) is 15.9. The second-order valence-electron chi connectivity index (χ2n) is 11.8. The molecule has 5 nitrogen and oxygen atoms in total. The zero-order chi connectivity index (χ0) is 24.6. The molecule has 0 saturated heterocycles. The Morgan fingerprint density at radius 3 is 2.41 bits per heavy atom. The van der Waals surface area contributed by atoms with Crippen LogP contribution in [0, 0.1) is 41.4 Å². The Labute approximate surface area is 202 Å². The summed E-state index contributed by atoms with van der Waals surface area (Å²) >= 11 is 0. The molecule has 34 heavy (non-hydrogen) atoms. The summed E-state index contributed by atoms with van der Waals surface area (Å²) in [5, 5.41) is 10.9. The number of carbonyl (C=O) groups excluding carboxylic acids is 2. The lowest BCUT2D eigenvalue weighted by atomic mass is 9.46. The minimum Gasteiger partial charge on any atom is -0.393 e. The van der Waals surface area contributed by atoms with E-state index in [-0.39, 0.29) is 41.2 Å². The van der Waals surface area contributed by atoms with Crippen LogP contribution in [0.3, 0.4) is 0 Å². The van der Waals surface area contributed by atoms with Gasteiger partial charge in [-0.1, -0.05) is 37.1 Å². The molecule has 0 amide bonds. The summed E-state index contributed by atoms with van der Waals surface area (Å²) in [4.78, 5) is 25.3. The topological polar surface area (TPSA) is 88.5 Å². The first-order valence-electron chi connectivity index (χ1n) is 12.6. The van der Waals surface area contributed by atoms with Crippen molar-refractivity contribution in [3.05, 3.63) is 41.5 Å². The molecule has 184 valence electrons. The zero-order valence-corrected chi connectivity index (χ0v) is 21.4. The van der Waals surface area contributed by atoms with Crippen LogP contribution in [0.4, 0.5) is 0 Å². The molecule has 0 radical (unpaired) electrons. The molecule has 1 aromatic rings. The first kappa shape index (κ1) is 23.9. The number of allylic oxidation sites excluding steroid dienone is 1. The third-order valence-corrected chi connectivity index (χ3v) is 12.5. The summed E-state index contributed by atoms with van der Waals surface area (Å²) < 4.78 is 28.1. The number of rotatable bonds is 3. The van der Waals surface area contributed by atoms with Gasteiger partial charge in [0.2, 0.25) is 0 Å². The van der Waals surface area contributed by atoms with Crippen LogP contribution in [0.2, 0.25) is 0 Å². The molecule has 0 spiro atoms. The summed E-state index contributed by atoms with van der Waals surface area (Å²) in [7, 11) is -3.69. The Morgan fingerprint density at radius 1 is 1.09 bits per heavy atom. The lowest BCUT2D eigenvalue weighted by Gasteiger charge is -2.60. The van der Waals surface area contributed by atoms with Gasteiger partial charge in [-0.2, -0.15) is 0 Å². The Bertz CT molecular complexity index is 1170. The normalized spacial score (nSPS) is 41.8. The van der Waals surface area contributed by atoms with Crippen LogP contribution >= 0.6 is 0 Å². The Hall–Kier alpha value is -1.79. The van der Waals surface area contributed by atoms with Gasteiger partial charge in [0.15, 0.2) is 15.6 Å². The number of fused-ring (bicyclic) bond motifs is 5. The fourth-order valence-corrected chi connectivity index (χ4v) is 10.6. The van der Waals surface area contributed by atoms with Crippen LogP contribution in [-0.2, 0) is 19.4 Å². The van der Waals surface area contributed by atoms with Gasteiger partial charge in [0.05, 0.1) is 16.2 Å². The van der Waals surface area contributed by atoms with Crippen molar-refractivity contribution in [2.75, 3.05) is 0 Å².